The first-order chi connectivity index (χ1) is 26.7. The van der Waals surface area contributed by atoms with Crippen LogP contribution in [-0.4, -0.2) is 101 Å². The lowest BCUT2D eigenvalue weighted by atomic mass is 9.93. The van der Waals surface area contributed by atoms with Crippen LogP contribution in [0.3, 0.4) is 0 Å². The van der Waals surface area contributed by atoms with Crippen molar-refractivity contribution in [2.75, 3.05) is 27.4 Å². The predicted molar refractivity (Wildman–Crippen MR) is 217 cm³/mol. The van der Waals surface area contributed by atoms with E-state index in [0.29, 0.717) is 43.5 Å². The fourth-order valence-electron chi connectivity index (χ4n) is 7.06. The van der Waals surface area contributed by atoms with E-state index < -0.39 is 24.0 Å². The van der Waals surface area contributed by atoms with Crippen LogP contribution in [0.25, 0.3) is 0 Å². The minimum absolute atomic E-state index is 0.0351. The third-order valence-corrected chi connectivity index (χ3v) is 11.6. The molecule has 0 bridgehead atoms. The number of hydrogen-bond donors (Lipinski definition) is 5. The Morgan fingerprint density at radius 3 is 2.39 bits per heavy atom. The van der Waals surface area contributed by atoms with E-state index in [1.165, 1.54) is 11.3 Å². The van der Waals surface area contributed by atoms with Crippen LogP contribution >= 0.6 is 11.3 Å². The Morgan fingerprint density at radius 1 is 1.05 bits per heavy atom. The zero-order valence-corrected chi connectivity index (χ0v) is 35.4. The molecule has 1 fully saturated rings. The number of thiazole rings is 1. The van der Waals surface area contributed by atoms with Gasteiger partial charge in [0, 0.05) is 43.3 Å². The number of esters is 1. The Bertz CT molecular complexity index is 1570. The number of aryl methyl sites for hydroxylation is 1. The maximum atomic E-state index is 14.6. The van der Waals surface area contributed by atoms with Crippen LogP contribution in [0.4, 0.5) is 0 Å². The van der Waals surface area contributed by atoms with Gasteiger partial charge in [-0.2, -0.15) is 0 Å². The van der Waals surface area contributed by atoms with Crippen LogP contribution in [0.5, 0.6) is 5.75 Å². The Morgan fingerprint density at radius 2 is 1.77 bits per heavy atom. The molecule has 1 unspecified atom stereocenters. The van der Waals surface area contributed by atoms with E-state index in [-0.39, 0.29) is 72.1 Å². The standard InChI is InChI=1S/C41H65N7O7S/c1-9-13-36(50)55-25-48(41(54)37(27(5)10-2)45-40(53)34-14-11-12-21-47(34)8)33(26(3)4)19-20-35-44-32(24-56-35)39(52)43-30(22-28(6)38(51)46-42-7)23-29-15-17-31(49)18-16-29/h15-18,24,26-28,30,33-34,37,42,49H,9-14,19-23,25H2,1-8H3,(H,43,52)(H,45,53)(H,46,51)/t27?,28-,30+,33+,34+,37-/m0/s1. The summed E-state index contributed by atoms with van der Waals surface area (Å²) in [5, 5.41) is 18.3. The van der Waals surface area contributed by atoms with Crippen molar-refractivity contribution in [1.29, 1.82) is 0 Å². The Balaban J connectivity index is 1.80. The van der Waals surface area contributed by atoms with Gasteiger partial charge in [-0.25, -0.2) is 10.4 Å². The molecular formula is C41H65N7O7S. The van der Waals surface area contributed by atoms with Gasteiger partial charge in [0.05, 0.1) is 11.0 Å². The SMILES string of the molecule is CCCC(=O)OCN(C(=O)[C@@H](NC(=O)[C@H]1CCCCN1C)C(C)CC)[C@H](CCc1nc(C(=O)N[C@@H](Cc2ccc(O)cc2)C[C@H](C)C(=O)NNC)cs1)C(C)C. The molecule has 2 heterocycles. The second-order valence-corrected chi connectivity index (χ2v) is 16.4. The number of nitrogens with zero attached hydrogens (tertiary/aromatic N) is 3. The average molecular weight is 800 g/mol. The van der Waals surface area contributed by atoms with Crippen molar-refractivity contribution < 1.29 is 33.8 Å². The third-order valence-electron chi connectivity index (χ3n) is 10.6. The Labute approximate surface area is 336 Å². The number of carbonyl (C=O) groups excluding carboxylic acids is 5. The summed E-state index contributed by atoms with van der Waals surface area (Å²) in [6, 6.07) is 4.88. The van der Waals surface area contributed by atoms with E-state index >= 15 is 0 Å². The molecule has 0 spiro atoms. The van der Waals surface area contributed by atoms with E-state index in [4.69, 9.17) is 4.74 Å². The van der Waals surface area contributed by atoms with Crippen molar-refractivity contribution in [1.82, 2.24) is 36.3 Å². The summed E-state index contributed by atoms with van der Waals surface area (Å²) < 4.78 is 5.67. The number of hydrazine groups is 1. The summed E-state index contributed by atoms with van der Waals surface area (Å²) in [5.41, 5.74) is 6.40. The molecule has 5 N–H and O–H groups in total. The fraction of sp³-hybridized carbons (Fsp3) is 0.659. The number of rotatable bonds is 22. The quantitative estimate of drug-likeness (QED) is 0.0643. The number of phenolic OH excluding ortho intramolecular Hbond substituents is 1. The fourth-order valence-corrected chi connectivity index (χ4v) is 7.85. The maximum absolute atomic E-state index is 14.6. The molecule has 1 aromatic heterocycles. The number of piperidine rings is 1. The number of aromatic nitrogens is 1. The number of likely N-dealkylation sites (N-methyl/N-ethyl adjacent to an activating group) is 1. The van der Waals surface area contributed by atoms with Gasteiger partial charge in [-0.3, -0.25) is 34.3 Å². The number of likely N-dealkylation sites (tertiary alicyclic amines) is 1. The molecule has 0 aliphatic carbocycles. The molecule has 3 rings (SSSR count). The summed E-state index contributed by atoms with van der Waals surface area (Å²) in [6.45, 7) is 12.2. The minimum atomic E-state index is -0.800. The van der Waals surface area contributed by atoms with Crippen molar-refractivity contribution in [3.8, 4) is 5.75 Å². The molecule has 0 saturated carbocycles. The zero-order valence-electron chi connectivity index (χ0n) is 34.6. The molecule has 312 valence electrons. The van der Waals surface area contributed by atoms with E-state index in [1.807, 2.05) is 46.6 Å². The second kappa shape index (κ2) is 23.2. The molecule has 0 radical (unpaired) electrons. The number of ether oxygens (including phenoxy) is 1. The van der Waals surface area contributed by atoms with Gasteiger partial charge in [0.25, 0.3) is 5.91 Å². The van der Waals surface area contributed by atoms with E-state index in [1.54, 1.807) is 48.5 Å². The molecule has 56 heavy (non-hydrogen) atoms. The molecule has 1 aromatic carbocycles. The molecular weight excluding hydrogens is 735 g/mol. The summed E-state index contributed by atoms with van der Waals surface area (Å²) in [7, 11) is 3.55. The molecule has 1 saturated heterocycles. The molecule has 14 nitrogen and oxygen atoms in total. The lowest BCUT2D eigenvalue weighted by Gasteiger charge is -2.39. The highest BCUT2D eigenvalue weighted by Crippen LogP contribution is 2.24. The monoisotopic (exact) mass is 799 g/mol. The van der Waals surface area contributed by atoms with Crippen LogP contribution in [0.1, 0.15) is 114 Å². The normalized spacial score (nSPS) is 17.3. The number of nitrogens with one attached hydrogen (secondary N) is 4. The zero-order chi connectivity index (χ0) is 41.4. The molecule has 1 aliphatic rings. The summed E-state index contributed by atoms with van der Waals surface area (Å²) in [6.07, 6.45) is 5.98. The van der Waals surface area contributed by atoms with E-state index in [0.717, 1.165) is 31.4 Å². The number of carbonyl (C=O) groups is 5. The van der Waals surface area contributed by atoms with Crippen LogP contribution in [0, 0.1) is 17.8 Å². The largest absolute Gasteiger partial charge is 0.508 e. The van der Waals surface area contributed by atoms with Crippen LogP contribution < -0.4 is 21.5 Å². The lowest BCUT2D eigenvalue weighted by molar-refractivity contribution is -0.159. The molecule has 1 aliphatic heterocycles. The first-order valence-electron chi connectivity index (χ1n) is 20.1. The van der Waals surface area contributed by atoms with Crippen LogP contribution in [0.15, 0.2) is 29.6 Å². The van der Waals surface area contributed by atoms with Gasteiger partial charge in [0.15, 0.2) is 6.73 Å². The second-order valence-electron chi connectivity index (χ2n) is 15.5. The van der Waals surface area contributed by atoms with Gasteiger partial charge in [-0.15, -0.1) is 11.3 Å². The molecule has 6 atom stereocenters. The van der Waals surface area contributed by atoms with Crippen molar-refractivity contribution in [2.24, 2.45) is 17.8 Å². The van der Waals surface area contributed by atoms with Gasteiger partial charge in [0.2, 0.25) is 17.7 Å². The first kappa shape index (κ1) is 46.3. The first-order valence-corrected chi connectivity index (χ1v) is 21.0. The third kappa shape index (κ3) is 14.1. The van der Waals surface area contributed by atoms with Crippen molar-refractivity contribution in [3.05, 3.63) is 45.9 Å². The predicted octanol–water partition coefficient (Wildman–Crippen LogP) is 4.57. The Kier molecular flexibility index (Phi) is 19.2. The van der Waals surface area contributed by atoms with Gasteiger partial charge in [-0.1, -0.05) is 66.5 Å². The van der Waals surface area contributed by atoms with Crippen LogP contribution in [-0.2, 0) is 36.8 Å². The molecule has 2 aromatic rings. The van der Waals surface area contributed by atoms with Crippen LogP contribution in [0.2, 0.25) is 0 Å². The minimum Gasteiger partial charge on any atom is -0.508 e. The van der Waals surface area contributed by atoms with Gasteiger partial charge in [0.1, 0.15) is 17.5 Å². The summed E-state index contributed by atoms with van der Waals surface area (Å²) >= 11 is 1.35. The van der Waals surface area contributed by atoms with Gasteiger partial charge >= 0.3 is 5.97 Å². The molecule has 15 heteroatoms. The highest BCUT2D eigenvalue weighted by atomic mass is 32.1. The van der Waals surface area contributed by atoms with Crippen molar-refractivity contribution in [2.45, 2.75) is 130 Å². The smallest absolute Gasteiger partial charge is 0.307 e. The number of benzene rings is 1. The number of amides is 4. The number of aromatic hydroxyl groups is 1. The highest BCUT2D eigenvalue weighted by molar-refractivity contribution is 7.09. The van der Waals surface area contributed by atoms with E-state index in [2.05, 4.69) is 26.5 Å². The average Bonchev–Trinajstić information content (AvgIpc) is 3.65. The van der Waals surface area contributed by atoms with E-state index in [9.17, 15) is 29.1 Å². The summed E-state index contributed by atoms with van der Waals surface area (Å²) in [5.74, 6) is -1.87. The summed E-state index contributed by atoms with van der Waals surface area (Å²) in [4.78, 5) is 75.2. The maximum Gasteiger partial charge on any atom is 0.307 e. The highest BCUT2D eigenvalue weighted by Gasteiger charge is 2.37. The van der Waals surface area contributed by atoms with Gasteiger partial charge in [-0.05, 0) is 81.6 Å². The Hall–Kier alpha value is -4.08. The topological polar surface area (TPSA) is 182 Å². The number of hydrogen-bond acceptors (Lipinski definition) is 11. The van der Waals surface area contributed by atoms with Crippen molar-refractivity contribution in [3.63, 3.8) is 0 Å². The van der Waals surface area contributed by atoms with Gasteiger partial charge < -0.3 is 25.4 Å². The molecule has 4 amide bonds. The van der Waals surface area contributed by atoms with Crippen molar-refractivity contribution >= 4 is 40.9 Å². The number of phenols is 1. The lowest BCUT2D eigenvalue weighted by Crippen LogP contribution is -2.59.